The Hall–Kier alpha value is -2.57. The Kier molecular flexibility index (Phi) is 5.66. The molecule has 1 atom stereocenters. The summed E-state index contributed by atoms with van der Waals surface area (Å²) in [7, 11) is 0. The van der Waals surface area contributed by atoms with Crippen molar-refractivity contribution in [1.82, 2.24) is 10.3 Å². The van der Waals surface area contributed by atoms with E-state index in [2.05, 4.69) is 10.3 Å². The van der Waals surface area contributed by atoms with Crippen LogP contribution in [-0.2, 0) is 6.18 Å². The van der Waals surface area contributed by atoms with Crippen LogP contribution in [0.5, 0.6) is 5.75 Å². The SMILES string of the molecule is Cc1cccc(C)c1OCC(C)NC(=O)c1ccc(C(F)(F)F)nc1. The highest BCUT2D eigenvalue weighted by atomic mass is 19.4. The van der Waals surface area contributed by atoms with Gasteiger partial charge >= 0.3 is 6.18 Å². The number of para-hydroxylation sites is 1. The Morgan fingerprint density at radius 3 is 2.36 bits per heavy atom. The molecule has 0 radical (unpaired) electrons. The number of ether oxygens (including phenoxy) is 1. The van der Waals surface area contributed by atoms with E-state index in [1.54, 1.807) is 6.92 Å². The van der Waals surface area contributed by atoms with Crippen molar-refractivity contribution in [3.05, 3.63) is 58.9 Å². The average Bonchev–Trinajstić information content (AvgIpc) is 2.53. The maximum absolute atomic E-state index is 12.5. The summed E-state index contributed by atoms with van der Waals surface area (Å²) in [6, 6.07) is 7.35. The van der Waals surface area contributed by atoms with Gasteiger partial charge in [0.1, 0.15) is 18.1 Å². The van der Waals surface area contributed by atoms with Gasteiger partial charge in [0, 0.05) is 6.20 Å². The molecule has 0 bridgehead atoms. The van der Waals surface area contributed by atoms with Crippen LogP contribution in [0.3, 0.4) is 0 Å². The van der Waals surface area contributed by atoms with E-state index in [0.29, 0.717) is 0 Å². The van der Waals surface area contributed by atoms with Crippen molar-refractivity contribution >= 4 is 5.91 Å². The molecule has 1 heterocycles. The number of carbonyl (C=O) groups excluding carboxylic acids is 1. The number of rotatable bonds is 5. The van der Waals surface area contributed by atoms with Crippen LogP contribution >= 0.6 is 0 Å². The summed E-state index contributed by atoms with van der Waals surface area (Å²) in [5.41, 5.74) is 1.01. The number of benzene rings is 1. The van der Waals surface area contributed by atoms with Gasteiger partial charge in [0.25, 0.3) is 5.91 Å². The number of pyridine rings is 1. The Balaban J connectivity index is 1.94. The predicted molar refractivity (Wildman–Crippen MR) is 87.6 cm³/mol. The predicted octanol–water partition coefficient (Wildman–Crippen LogP) is 3.91. The summed E-state index contributed by atoms with van der Waals surface area (Å²) in [4.78, 5) is 15.4. The van der Waals surface area contributed by atoms with Crippen LogP contribution in [0.25, 0.3) is 0 Å². The van der Waals surface area contributed by atoms with Gasteiger partial charge in [-0.05, 0) is 44.0 Å². The quantitative estimate of drug-likeness (QED) is 0.887. The van der Waals surface area contributed by atoms with Crippen LogP contribution in [0.4, 0.5) is 13.2 Å². The highest BCUT2D eigenvalue weighted by Crippen LogP contribution is 2.27. The monoisotopic (exact) mass is 352 g/mol. The lowest BCUT2D eigenvalue weighted by Gasteiger charge is -2.17. The highest BCUT2D eigenvalue weighted by Gasteiger charge is 2.32. The van der Waals surface area contributed by atoms with Crippen LogP contribution in [-0.4, -0.2) is 23.5 Å². The molecule has 0 aliphatic rings. The summed E-state index contributed by atoms with van der Waals surface area (Å²) >= 11 is 0. The molecule has 1 aromatic heterocycles. The Bertz CT molecular complexity index is 723. The van der Waals surface area contributed by atoms with Crippen LogP contribution in [0.2, 0.25) is 0 Å². The van der Waals surface area contributed by atoms with Crippen molar-refractivity contribution in [2.75, 3.05) is 6.61 Å². The number of amides is 1. The molecule has 1 amide bonds. The molecule has 1 N–H and O–H groups in total. The van der Waals surface area contributed by atoms with Gasteiger partial charge in [0.2, 0.25) is 0 Å². The van der Waals surface area contributed by atoms with Crippen molar-refractivity contribution in [1.29, 1.82) is 0 Å². The molecule has 2 rings (SSSR count). The standard InChI is InChI=1S/C18H19F3N2O2/c1-11-5-4-6-12(2)16(11)25-10-13(3)23-17(24)14-7-8-15(22-9-14)18(19,20)21/h4-9,13H,10H2,1-3H3,(H,23,24). The summed E-state index contributed by atoms with van der Waals surface area (Å²) < 4.78 is 43.2. The van der Waals surface area contributed by atoms with Crippen molar-refractivity contribution in [2.45, 2.75) is 33.0 Å². The molecule has 1 unspecified atom stereocenters. The van der Waals surface area contributed by atoms with Crippen molar-refractivity contribution in [3.63, 3.8) is 0 Å². The third-order valence-electron chi connectivity index (χ3n) is 3.58. The van der Waals surface area contributed by atoms with Gasteiger partial charge < -0.3 is 10.1 Å². The van der Waals surface area contributed by atoms with Crippen molar-refractivity contribution in [3.8, 4) is 5.75 Å². The van der Waals surface area contributed by atoms with E-state index in [1.807, 2.05) is 32.0 Å². The van der Waals surface area contributed by atoms with E-state index in [4.69, 9.17) is 4.74 Å². The van der Waals surface area contributed by atoms with E-state index in [-0.39, 0.29) is 18.2 Å². The Morgan fingerprint density at radius 1 is 1.20 bits per heavy atom. The molecule has 134 valence electrons. The molecule has 0 aliphatic carbocycles. The minimum atomic E-state index is -4.53. The topological polar surface area (TPSA) is 51.2 Å². The lowest BCUT2D eigenvalue weighted by Crippen LogP contribution is -2.37. The second-order valence-electron chi connectivity index (χ2n) is 5.84. The zero-order chi connectivity index (χ0) is 18.6. The number of hydrogen-bond acceptors (Lipinski definition) is 3. The molecule has 25 heavy (non-hydrogen) atoms. The fourth-order valence-corrected chi connectivity index (χ4v) is 2.28. The van der Waals surface area contributed by atoms with Gasteiger partial charge in [-0.15, -0.1) is 0 Å². The molecule has 0 aliphatic heterocycles. The molecule has 1 aromatic carbocycles. The second kappa shape index (κ2) is 7.55. The van der Waals surface area contributed by atoms with Crippen LogP contribution in [0.1, 0.15) is 34.1 Å². The second-order valence-corrected chi connectivity index (χ2v) is 5.84. The summed E-state index contributed by atoms with van der Waals surface area (Å²) in [5, 5.41) is 2.68. The Morgan fingerprint density at radius 2 is 1.84 bits per heavy atom. The first-order chi connectivity index (χ1) is 11.7. The van der Waals surface area contributed by atoms with Gasteiger partial charge in [0.15, 0.2) is 0 Å². The van der Waals surface area contributed by atoms with Gasteiger partial charge in [0.05, 0.1) is 11.6 Å². The van der Waals surface area contributed by atoms with E-state index < -0.39 is 17.8 Å². The fraction of sp³-hybridized carbons (Fsp3) is 0.333. The largest absolute Gasteiger partial charge is 0.491 e. The molecule has 7 heteroatoms. The number of alkyl halides is 3. The third kappa shape index (κ3) is 4.95. The number of carbonyl (C=O) groups is 1. The normalized spacial score (nSPS) is 12.6. The third-order valence-corrected chi connectivity index (χ3v) is 3.58. The number of halogens is 3. The highest BCUT2D eigenvalue weighted by molar-refractivity contribution is 5.94. The van der Waals surface area contributed by atoms with E-state index in [9.17, 15) is 18.0 Å². The first-order valence-electron chi connectivity index (χ1n) is 7.71. The molecular weight excluding hydrogens is 333 g/mol. The minimum Gasteiger partial charge on any atom is -0.491 e. The maximum atomic E-state index is 12.5. The molecule has 0 saturated heterocycles. The maximum Gasteiger partial charge on any atom is 0.433 e. The number of nitrogens with zero attached hydrogens (tertiary/aromatic N) is 1. The first kappa shape index (κ1) is 18.8. The lowest BCUT2D eigenvalue weighted by atomic mass is 10.1. The summed E-state index contributed by atoms with van der Waals surface area (Å²) in [6.07, 6.45) is -3.61. The van der Waals surface area contributed by atoms with Crippen molar-refractivity contribution in [2.24, 2.45) is 0 Å². The molecule has 0 fully saturated rings. The van der Waals surface area contributed by atoms with E-state index in [0.717, 1.165) is 35.2 Å². The molecular formula is C18H19F3N2O2. The summed E-state index contributed by atoms with van der Waals surface area (Å²) in [6.45, 7) is 5.85. The number of nitrogens with one attached hydrogen (secondary N) is 1. The number of aromatic nitrogens is 1. The van der Waals surface area contributed by atoms with Crippen LogP contribution in [0.15, 0.2) is 36.5 Å². The minimum absolute atomic E-state index is 0.0620. The molecule has 0 spiro atoms. The molecule has 4 nitrogen and oxygen atoms in total. The fourth-order valence-electron chi connectivity index (χ4n) is 2.28. The zero-order valence-electron chi connectivity index (χ0n) is 14.1. The molecule has 0 saturated carbocycles. The van der Waals surface area contributed by atoms with E-state index in [1.165, 1.54) is 0 Å². The van der Waals surface area contributed by atoms with Crippen LogP contribution in [0, 0.1) is 13.8 Å². The average molecular weight is 352 g/mol. The van der Waals surface area contributed by atoms with Gasteiger partial charge in [-0.25, -0.2) is 0 Å². The lowest BCUT2D eigenvalue weighted by molar-refractivity contribution is -0.141. The van der Waals surface area contributed by atoms with E-state index >= 15 is 0 Å². The number of hydrogen-bond donors (Lipinski definition) is 1. The van der Waals surface area contributed by atoms with Gasteiger partial charge in [-0.3, -0.25) is 9.78 Å². The Labute approximate surface area is 144 Å². The van der Waals surface area contributed by atoms with Gasteiger partial charge in [-0.1, -0.05) is 18.2 Å². The number of aryl methyl sites for hydroxylation is 2. The van der Waals surface area contributed by atoms with Crippen LogP contribution < -0.4 is 10.1 Å². The summed E-state index contributed by atoms with van der Waals surface area (Å²) in [5.74, 6) is 0.263. The molecule has 2 aromatic rings. The zero-order valence-corrected chi connectivity index (χ0v) is 14.1. The first-order valence-corrected chi connectivity index (χ1v) is 7.71. The van der Waals surface area contributed by atoms with Crippen molar-refractivity contribution < 1.29 is 22.7 Å². The van der Waals surface area contributed by atoms with Gasteiger partial charge in [-0.2, -0.15) is 13.2 Å². The smallest absolute Gasteiger partial charge is 0.433 e.